The average molecular weight is 248 g/mol. The molecule has 0 amide bonds. The average Bonchev–Trinajstić information content (AvgIpc) is 2.38. The van der Waals surface area contributed by atoms with Crippen LogP contribution in [0.5, 0.6) is 0 Å². The minimum absolute atomic E-state index is 0.0366. The fourth-order valence-electron chi connectivity index (χ4n) is 2.92. The Bertz CT molecular complexity index is 403. The van der Waals surface area contributed by atoms with Crippen LogP contribution < -0.4 is 0 Å². The van der Waals surface area contributed by atoms with E-state index in [0.717, 1.165) is 23.0 Å². The molecule has 0 radical (unpaired) electrons. The molecule has 0 aliphatic heterocycles. The molecule has 3 nitrogen and oxygen atoms in total. The van der Waals surface area contributed by atoms with Crippen molar-refractivity contribution in [3.63, 3.8) is 0 Å². The van der Waals surface area contributed by atoms with E-state index in [0.29, 0.717) is 11.8 Å². The van der Waals surface area contributed by atoms with Crippen LogP contribution in [0.15, 0.2) is 6.20 Å². The van der Waals surface area contributed by atoms with Crippen LogP contribution in [0.25, 0.3) is 0 Å². The summed E-state index contributed by atoms with van der Waals surface area (Å²) in [6.07, 6.45) is 6.85. The summed E-state index contributed by atoms with van der Waals surface area (Å²) in [5.74, 6) is 2.63. The maximum atomic E-state index is 9.33. The summed E-state index contributed by atoms with van der Waals surface area (Å²) in [5, 5.41) is 9.33. The molecule has 1 aliphatic carbocycles. The molecular weight excluding hydrogens is 224 g/mol. The summed E-state index contributed by atoms with van der Waals surface area (Å²) < 4.78 is 0. The first kappa shape index (κ1) is 13.5. The van der Waals surface area contributed by atoms with Crippen LogP contribution in [0.1, 0.15) is 75.4 Å². The molecule has 1 heterocycles. The van der Waals surface area contributed by atoms with Crippen LogP contribution >= 0.6 is 0 Å². The van der Waals surface area contributed by atoms with Crippen LogP contribution in [0, 0.1) is 5.92 Å². The Morgan fingerprint density at radius 1 is 1.39 bits per heavy atom. The monoisotopic (exact) mass is 248 g/mol. The van der Waals surface area contributed by atoms with Crippen molar-refractivity contribution in [1.29, 1.82) is 0 Å². The second kappa shape index (κ2) is 5.79. The van der Waals surface area contributed by atoms with Gasteiger partial charge in [-0.25, -0.2) is 9.97 Å². The normalized spacial score (nSPS) is 24.5. The number of hydrogen-bond acceptors (Lipinski definition) is 3. The maximum Gasteiger partial charge on any atom is 0.131 e. The van der Waals surface area contributed by atoms with Crippen LogP contribution in [0.2, 0.25) is 0 Å². The first-order valence-electron chi connectivity index (χ1n) is 7.08. The molecule has 1 aromatic rings. The number of aromatic nitrogens is 2. The van der Waals surface area contributed by atoms with Gasteiger partial charge in [-0.2, -0.15) is 0 Å². The summed E-state index contributed by atoms with van der Waals surface area (Å²) in [6.45, 7) is 6.59. The molecule has 1 aliphatic rings. The van der Waals surface area contributed by atoms with Crippen molar-refractivity contribution in [3.8, 4) is 0 Å². The van der Waals surface area contributed by atoms with Crippen molar-refractivity contribution < 1.29 is 5.11 Å². The Labute approximate surface area is 110 Å². The Hall–Kier alpha value is -0.960. The number of aliphatic hydroxyl groups excluding tert-OH is 1. The Kier molecular flexibility index (Phi) is 4.33. The quantitative estimate of drug-likeness (QED) is 0.892. The third-order valence-corrected chi connectivity index (χ3v) is 3.94. The molecule has 0 aromatic carbocycles. The zero-order valence-electron chi connectivity index (χ0n) is 11.7. The lowest BCUT2D eigenvalue weighted by Gasteiger charge is -2.26. The molecule has 2 rings (SSSR count). The lowest BCUT2D eigenvalue weighted by molar-refractivity contribution is 0.278. The van der Waals surface area contributed by atoms with E-state index in [9.17, 15) is 5.11 Å². The second-order valence-electron chi connectivity index (χ2n) is 5.92. The van der Waals surface area contributed by atoms with Gasteiger partial charge in [0.15, 0.2) is 0 Å². The van der Waals surface area contributed by atoms with Crippen LogP contribution in [-0.4, -0.2) is 15.1 Å². The molecule has 0 saturated heterocycles. The summed E-state index contributed by atoms with van der Waals surface area (Å²) in [6, 6.07) is 0. The molecule has 1 saturated carbocycles. The van der Waals surface area contributed by atoms with Gasteiger partial charge in [0.25, 0.3) is 0 Å². The predicted molar refractivity (Wildman–Crippen MR) is 72.4 cm³/mol. The van der Waals surface area contributed by atoms with E-state index >= 15 is 0 Å². The van der Waals surface area contributed by atoms with Crippen molar-refractivity contribution in [2.45, 2.75) is 64.9 Å². The second-order valence-corrected chi connectivity index (χ2v) is 5.92. The highest BCUT2D eigenvalue weighted by Gasteiger charge is 2.23. The van der Waals surface area contributed by atoms with E-state index in [1.54, 1.807) is 0 Å². The van der Waals surface area contributed by atoms with Crippen molar-refractivity contribution in [2.75, 3.05) is 0 Å². The highest BCUT2D eigenvalue weighted by atomic mass is 16.3. The van der Waals surface area contributed by atoms with E-state index in [4.69, 9.17) is 4.98 Å². The first-order chi connectivity index (χ1) is 8.61. The Morgan fingerprint density at radius 2 is 2.17 bits per heavy atom. The molecule has 0 bridgehead atoms. The van der Waals surface area contributed by atoms with Gasteiger partial charge in [-0.15, -0.1) is 0 Å². The van der Waals surface area contributed by atoms with Gasteiger partial charge in [0.2, 0.25) is 0 Å². The number of rotatable bonds is 3. The predicted octanol–water partition coefficient (Wildman–Crippen LogP) is 3.39. The summed E-state index contributed by atoms with van der Waals surface area (Å²) in [5.41, 5.74) is 1.89. The molecule has 0 spiro atoms. The van der Waals surface area contributed by atoms with Crippen molar-refractivity contribution in [1.82, 2.24) is 9.97 Å². The van der Waals surface area contributed by atoms with E-state index in [2.05, 4.69) is 25.8 Å². The number of nitrogens with zero attached hydrogens (tertiary/aromatic N) is 2. The molecule has 1 N–H and O–H groups in total. The highest BCUT2D eigenvalue weighted by molar-refractivity contribution is 5.21. The molecular formula is C15H24N2O. The highest BCUT2D eigenvalue weighted by Crippen LogP contribution is 2.34. The molecule has 1 aromatic heterocycles. The van der Waals surface area contributed by atoms with Gasteiger partial charge in [-0.1, -0.05) is 33.6 Å². The van der Waals surface area contributed by atoms with Crippen molar-refractivity contribution >= 4 is 0 Å². The number of aliphatic hydroxyl groups is 1. The molecule has 3 heteroatoms. The lowest BCUT2D eigenvalue weighted by atomic mass is 9.82. The standard InChI is InChI=1S/C15H24N2O/c1-10(2)14-13(9-18)8-16-15(17-14)12-6-4-5-11(3)7-12/h8,10-12,18H,4-7,9H2,1-3H3. The van der Waals surface area contributed by atoms with Crippen LogP contribution in [0.3, 0.4) is 0 Å². The van der Waals surface area contributed by atoms with E-state index < -0.39 is 0 Å². The SMILES string of the molecule is CC1CCCC(c2ncc(CO)c(C(C)C)n2)C1. The third-order valence-electron chi connectivity index (χ3n) is 3.94. The maximum absolute atomic E-state index is 9.33. The molecule has 2 atom stereocenters. The fraction of sp³-hybridized carbons (Fsp3) is 0.733. The smallest absolute Gasteiger partial charge is 0.131 e. The number of hydrogen-bond donors (Lipinski definition) is 1. The van der Waals surface area contributed by atoms with Gasteiger partial charge in [0, 0.05) is 17.7 Å². The minimum atomic E-state index is 0.0366. The van der Waals surface area contributed by atoms with Gasteiger partial charge in [0.1, 0.15) is 5.82 Å². The molecule has 100 valence electrons. The van der Waals surface area contributed by atoms with Gasteiger partial charge >= 0.3 is 0 Å². The van der Waals surface area contributed by atoms with Gasteiger partial charge in [0.05, 0.1) is 12.3 Å². The van der Waals surface area contributed by atoms with Crippen LogP contribution in [-0.2, 0) is 6.61 Å². The Balaban J connectivity index is 2.25. The topological polar surface area (TPSA) is 46.0 Å². The molecule has 18 heavy (non-hydrogen) atoms. The van der Waals surface area contributed by atoms with E-state index in [1.165, 1.54) is 25.7 Å². The molecule has 2 unspecified atom stereocenters. The van der Waals surface area contributed by atoms with Gasteiger partial charge < -0.3 is 5.11 Å². The van der Waals surface area contributed by atoms with E-state index in [1.807, 2.05) is 6.20 Å². The summed E-state index contributed by atoms with van der Waals surface area (Å²) in [7, 11) is 0. The minimum Gasteiger partial charge on any atom is -0.392 e. The van der Waals surface area contributed by atoms with Gasteiger partial charge in [-0.05, 0) is 24.7 Å². The largest absolute Gasteiger partial charge is 0.392 e. The van der Waals surface area contributed by atoms with Crippen molar-refractivity contribution in [3.05, 3.63) is 23.3 Å². The van der Waals surface area contributed by atoms with Gasteiger partial charge in [-0.3, -0.25) is 0 Å². The summed E-state index contributed by atoms with van der Waals surface area (Å²) in [4.78, 5) is 9.21. The van der Waals surface area contributed by atoms with E-state index in [-0.39, 0.29) is 6.61 Å². The molecule has 1 fully saturated rings. The first-order valence-corrected chi connectivity index (χ1v) is 7.08. The zero-order valence-corrected chi connectivity index (χ0v) is 11.7. The summed E-state index contributed by atoms with van der Waals surface area (Å²) >= 11 is 0. The lowest BCUT2D eigenvalue weighted by Crippen LogP contribution is -2.16. The zero-order chi connectivity index (χ0) is 13.1. The fourth-order valence-corrected chi connectivity index (χ4v) is 2.92. The third kappa shape index (κ3) is 2.89. The van der Waals surface area contributed by atoms with Crippen molar-refractivity contribution in [2.24, 2.45) is 5.92 Å². The van der Waals surface area contributed by atoms with Crippen LogP contribution in [0.4, 0.5) is 0 Å². The Morgan fingerprint density at radius 3 is 2.78 bits per heavy atom.